The van der Waals surface area contributed by atoms with Gasteiger partial charge in [-0.25, -0.2) is 0 Å². The van der Waals surface area contributed by atoms with Gasteiger partial charge in [0, 0.05) is 10.7 Å². The molecule has 0 N–H and O–H groups in total. The van der Waals surface area contributed by atoms with E-state index in [2.05, 4.69) is 31.9 Å². The molecular weight excluding hydrogens is 328 g/mol. The first-order chi connectivity index (χ1) is 7.86. The van der Waals surface area contributed by atoms with Crippen LogP contribution in [0.1, 0.15) is 64.2 Å². The normalized spacial score (nSPS) is 30.4. The van der Waals surface area contributed by atoms with Gasteiger partial charge in [-0.3, -0.25) is 0 Å². The largest absolute Gasteiger partial charge is 0.0925 e. The molecule has 1 fully saturated rings. The van der Waals surface area contributed by atoms with Crippen molar-refractivity contribution in [2.75, 3.05) is 10.7 Å². The second-order valence-corrected chi connectivity index (χ2v) is 6.61. The highest BCUT2D eigenvalue weighted by Gasteiger charge is 2.11. The second kappa shape index (κ2) is 9.94. The lowest BCUT2D eigenvalue weighted by molar-refractivity contribution is 0.392. The molecule has 0 heterocycles. The van der Waals surface area contributed by atoms with Crippen LogP contribution in [0.3, 0.4) is 0 Å². The quantitative estimate of drug-likeness (QED) is 0.540. The fourth-order valence-electron chi connectivity index (χ4n) is 2.68. The van der Waals surface area contributed by atoms with E-state index in [1.165, 1.54) is 74.9 Å². The van der Waals surface area contributed by atoms with Crippen molar-refractivity contribution in [3.63, 3.8) is 0 Å². The molecule has 0 spiro atoms. The Morgan fingerprint density at radius 2 is 0.875 bits per heavy atom. The molecule has 0 aliphatic heterocycles. The summed E-state index contributed by atoms with van der Waals surface area (Å²) >= 11 is 7.33. The van der Waals surface area contributed by atoms with Crippen LogP contribution in [-0.2, 0) is 0 Å². The van der Waals surface area contributed by atoms with E-state index in [1.54, 1.807) is 0 Å². The van der Waals surface area contributed by atoms with Crippen molar-refractivity contribution in [2.24, 2.45) is 11.8 Å². The Labute approximate surface area is 118 Å². The van der Waals surface area contributed by atoms with E-state index in [0.29, 0.717) is 0 Å². The van der Waals surface area contributed by atoms with E-state index in [4.69, 9.17) is 0 Å². The summed E-state index contributed by atoms with van der Waals surface area (Å²) in [4.78, 5) is 0. The molecule has 0 radical (unpaired) electrons. The van der Waals surface area contributed by atoms with Crippen molar-refractivity contribution in [1.29, 1.82) is 0 Å². The number of halogens is 2. The van der Waals surface area contributed by atoms with Gasteiger partial charge in [-0.1, -0.05) is 70.4 Å². The van der Waals surface area contributed by atoms with Gasteiger partial charge >= 0.3 is 0 Å². The van der Waals surface area contributed by atoms with Gasteiger partial charge in [-0.15, -0.1) is 0 Å². The van der Waals surface area contributed by atoms with E-state index in [-0.39, 0.29) is 0 Å². The van der Waals surface area contributed by atoms with Crippen LogP contribution in [0.4, 0.5) is 0 Å². The average Bonchev–Trinajstić information content (AvgIpc) is 2.30. The molecule has 1 rings (SSSR count). The van der Waals surface area contributed by atoms with Crippen molar-refractivity contribution in [3.8, 4) is 0 Å². The summed E-state index contributed by atoms with van der Waals surface area (Å²) in [6, 6.07) is 0. The Kier molecular flexibility index (Phi) is 9.33. The molecule has 0 bridgehead atoms. The van der Waals surface area contributed by atoms with Gasteiger partial charge in [0.2, 0.25) is 0 Å². The Bertz CT molecular complexity index is 129. The molecule has 0 amide bonds. The van der Waals surface area contributed by atoms with Gasteiger partial charge < -0.3 is 0 Å². The molecule has 0 unspecified atom stereocenters. The maximum atomic E-state index is 3.67. The van der Waals surface area contributed by atoms with Crippen molar-refractivity contribution in [2.45, 2.75) is 64.2 Å². The van der Waals surface area contributed by atoms with Crippen LogP contribution in [0.25, 0.3) is 0 Å². The van der Waals surface area contributed by atoms with Crippen LogP contribution < -0.4 is 0 Å². The third-order valence-corrected chi connectivity index (χ3v) is 5.72. The van der Waals surface area contributed by atoms with Crippen LogP contribution in [0.2, 0.25) is 0 Å². The lowest BCUT2D eigenvalue weighted by atomic mass is 9.91. The van der Waals surface area contributed by atoms with Gasteiger partial charge in [-0.2, -0.15) is 0 Å². The fourth-order valence-corrected chi connectivity index (χ4v) is 3.98. The SMILES string of the molecule is BrCC1CCCCCC(CBr)CCCCC1. The summed E-state index contributed by atoms with van der Waals surface area (Å²) in [6.45, 7) is 0. The summed E-state index contributed by atoms with van der Waals surface area (Å²) in [5, 5.41) is 2.44. The monoisotopic (exact) mass is 352 g/mol. The maximum Gasteiger partial charge on any atom is 0.00596 e. The first-order valence-corrected chi connectivity index (χ1v) is 9.23. The molecule has 1 saturated carbocycles. The van der Waals surface area contributed by atoms with E-state index in [1.807, 2.05) is 0 Å². The van der Waals surface area contributed by atoms with E-state index in [9.17, 15) is 0 Å². The summed E-state index contributed by atoms with van der Waals surface area (Å²) in [6.07, 6.45) is 14.5. The molecule has 0 saturated heterocycles. The van der Waals surface area contributed by atoms with Gasteiger partial charge in [0.25, 0.3) is 0 Å². The van der Waals surface area contributed by atoms with Crippen LogP contribution in [0.5, 0.6) is 0 Å². The van der Waals surface area contributed by atoms with Crippen LogP contribution in [0.15, 0.2) is 0 Å². The third kappa shape index (κ3) is 6.64. The Morgan fingerprint density at radius 3 is 1.12 bits per heavy atom. The number of alkyl halides is 2. The van der Waals surface area contributed by atoms with E-state index < -0.39 is 0 Å². The molecule has 2 heteroatoms. The third-order valence-electron chi connectivity index (χ3n) is 3.89. The minimum atomic E-state index is 0.950. The molecule has 0 atom stereocenters. The zero-order chi connectivity index (χ0) is 11.6. The summed E-state index contributed by atoms with van der Waals surface area (Å²) in [7, 11) is 0. The second-order valence-electron chi connectivity index (χ2n) is 5.32. The molecule has 16 heavy (non-hydrogen) atoms. The predicted molar refractivity (Wildman–Crippen MR) is 80.7 cm³/mol. The predicted octanol–water partition coefficient (Wildman–Crippen LogP) is 5.92. The first-order valence-electron chi connectivity index (χ1n) is 6.98. The molecule has 1 aliphatic carbocycles. The van der Waals surface area contributed by atoms with Gasteiger partial charge in [0.15, 0.2) is 0 Å². The van der Waals surface area contributed by atoms with Crippen molar-refractivity contribution in [1.82, 2.24) is 0 Å². The standard InChI is InChI=1S/C14H26Br2/c15-11-13-7-3-1-4-8-14(12-16)10-6-2-5-9-13/h13-14H,1-12H2. The molecule has 1 aliphatic rings. The zero-order valence-corrected chi connectivity index (χ0v) is 13.6. The van der Waals surface area contributed by atoms with Gasteiger partial charge in [-0.05, 0) is 37.5 Å². The highest BCUT2D eigenvalue weighted by molar-refractivity contribution is 9.09. The topological polar surface area (TPSA) is 0 Å². The molecule has 0 aromatic heterocycles. The van der Waals surface area contributed by atoms with Gasteiger partial charge in [0.1, 0.15) is 0 Å². The summed E-state index contributed by atoms with van der Waals surface area (Å²) in [5.41, 5.74) is 0. The molecule has 0 aromatic carbocycles. The number of rotatable bonds is 2. The highest BCUT2D eigenvalue weighted by atomic mass is 79.9. The Morgan fingerprint density at radius 1 is 0.562 bits per heavy atom. The zero-order valence-electron chi connectivity index (χ0n) is 10.4. The van der Waals surface area contributed by atoms with Crippen LogP contribution >= 0.6 is 31.9 Å². The number of hydrogen-bond acceptors (Lipinski definition) is 0. The van der Waals surface area contributed by atoms with Crippen molar-refractivity contribution >= 4 is 31.9 Å². The van der Waals surface area contributed by atoms with Crippen LogP contribution in [-0.4, -0.2) is 10.7 Å². The summed E-state index contributed by atoms with van der Waals surface area (Å²) in [5.74, 6) is 1.90. The van der Waals surface area contributed by atoms with E-state index in [0.717, 1.165) is 11.8 Å². The minimum absolute atomic E-state index is 0.950. The lowest BCUT2D eigenvalue weighted by Crippen LogP contribution is -2.06. The molecule has 0 nitrogen and oxygen atoms in total. The molecular formula is C14H26Br2. The van der Waals surface area contributed by atoms with Crippen molar-refractivity contribution < 1.29 is 0 Å². The van der Waals surface area contributed by atoms with E-state index >= 15 is 0 Å². The van der Waals surface area contributed by atoms with Crippen molar-refractivity contribution in [3.05, 3.63) is 0 Å². The first kappa shape index (κ1) is 15.0. The van der Waals surface area contributed by atoms with Gasteiger partial charge in [0.05, 0.1) is 0 Å². The maximum absolute atomic E-state index is 3.67. The highest BCUT2D eigenvalue weighted by Crippen LogP contribution is 2.25. The Balaban J connectivity index is 2.27. The minimum Gasteiger partial charge on any atom is -0.0925 e. The average molecular weight is 354 g/mol. The van der Waals surface area contributed by atoms with Crippen LogP contribution in [0, 0.1) is 11.8 Å². The Hall–Kier alpha value is 0.960. The summed E-state index contributed by atoms with van der Waals surface area (Å²) < 4.78 is 0. The smallest absolute Gasteiger partial charge is 0.00596 e. The fraction of sp³-hybridized carbons (Fsp3) is 1.00. The number of hydrogen-bond donors (Lipinski definition) is 0. The molecule has 0 aromatic rings. The molecule has 96 valence electrons. The lowest BCUT2D eigenvalue weighted by Gasteiger charge is -2.18.